The van der Waals surface area contributed by atoms with Gasteiger partial charge < -0.3 is 9.90 Å². The molecule has 4 saturated carbocycles. The van der Waals surface area contributed by atoms with E-state index >= 15 is 0 Å². The van der Waals surface area contributed by atoms with Crippen molar-refractivity contribution in [2.45, 2.75) is 38.5 Å². The molecule has 0 aromatic rings. The molecule has 4 bridgehead atoms. The fourth-order valence-corrected chi connectivity index (χ4v) is 4.36. The van der Waals surface area contributed by atoms with Gasteiger partial charge in [0, 0.05) is 11.4 Å². The Hall–Kier alpha value is 1.11. The van der Waals surface area contributed by atoms with Crippen LogP contribution in [-0.2, 0) is 4.79 Å². The molecule has 0 N–H and O–H groups in total. The minimum Gasteiger partial charge on any atom is -0.550 e. The van der Waals surface area contributed by atoms with Gasteiger partial charge in [0.05, 0.1) is 0 Å². The molecule has 4 aliphatic carbocycles. The zero-order valence-electron chi connectivity index (χ0n) is 8.79. The summed E-state index contributed by atoms with van der Waals surface area (Å²) < 4.78 is 0. The smallest absolute Gasteiger partial charge is 0.550 e. The van der Waals surface area contributed by atoms with E-state index in [0.717, 1.165) is 19.3 Å². The molecular weight excluding hydrogens is 203 g/mol. The van der Waals surface area contributed by atoms with E-state index in [-0.39, 0.29) is 51.4 Å². The molecule has 0 amide bonds. The summed E-state index contributed by atoms with van der Waals surface area (Å²) >= 11 is 0. The Morgan fingerprint density at radius 3 is 1.64 bits per heavy atom. The molecule has 4 aliphatic rings. The summed E-state index contributed by atoms with van der Waals surface area (Å²) in [6.45, 7) is 0. The molecule has 0 unspecified atom stereocenters. The van der Waals surface area contributed by atoms with E-state index in [1.165, 1.54) is 19.3 Å². The standard InChI is InChI=1S/C11H16O2.K/c12-10(13)11-4-7-1-8(5-11)3-9(2-7)6-11;/h7-9H,1-6H2,(H,12,13);/q;+1/p-1. The quantitative estimate of drug-likeness (QED) is 0.476. The first-order valence-electron chi connectivity index (χ1n) is 5.39. The Labute approximate surface area is 127 Å². The number of carboxylic acid groups (broad SMARTS) is 1. The molecule has 4 fully saturated rings. The van der Waals surface area contributed by atoms with E-state index in [1.54, 1.807) is 0 Å². The Kier molecular flexibility index (Phi) is 3.18. The second-order valence-corrected chi connectivity index (χ2v) is 5.49. The van der Waals surface area contributed by atoms with Crippen LogP contribution in [0.25, 0.3) is 0 Å². The SMILES string of the molecule is O=C([O-])C12CC3CC(CC(C3)C1)C2.[K+]. The van der Waals surface area contributed by atoms with Crippen molar-refractivity contribution in [1.29, 1.82) is 0 Å². The summed E-state index contributed by atoms with van der Waals surface area (Å²) in [6, 6.07) is 0. The van der Waals surface area contributed by atoms with Crippen molar-refractivity contribution in [3.05, 3.63) is 0 Å². The van der Waals surface area contributed by atoms with Gasteiger partial charge in [0.15, 0.2) is 0 Å². The van der Waals surface area contributed by atoms with Crippen LogP contribution in [0.1, 0.15) is 38.5 Å². The second kappa shape index (κ2) is 3.84. The van der Waals surface area contributed by atoms with Crippen LogP contribution < -0.4 is 56.5 Å². The normalized spacial score (nSPS) is 48.7. The first-order chi connectivity index (χ1) is 6.18. The molecular formula is C11H15KO2. The number of carbonyl (C=O) groups is 1. The van der Waals surface area contributed by atoms with E-state index in [2.05, 4.69) is 0 Å². The molecule has 4 rings (SSSR count). The van der Waals surface area contributed by atoms with Gasteiger partial charge in [-0.05, 0) is 56.3 Å². The largest absolute Gasteiger partial charge is 1.00 e. The molecule has 14 heavy (non-hydrogen) atoms. The van der Waals surface area contributed by atoms with Crippen LogP contribution in [0, 0.1) is 23.2 Å². The Morgan fingerprint density at radius 2 is 1.36 bits per heavy atom. The molecule has 0 spiro atoms. The Bertz CT molecular complexity index is 227. The summed E-state index contributed by atoms with van der Waals surface area (Å²) in [5.74, 6) is 1.38. The first-order valence-corrected chi connectivity index (χ1v) is 5.39. The average molecular weight is 218 g/mol. The van der Waals surface area contributed by atoms with Crippen LogP contribution in [0.15, 0.2) is 0 Å². The molecule has 0 radical (unpaired) electrons. The average Bonchev–Trinajstić information content (AvgIpc) is 2.00. The minimum atomic E-state index is -0.758. The van der Waals surface area contributed by atoms with Gasteiger partial charge in [0.1, 0.15) is 0 Å². The number of rotatable bonds is 1. The monoisotopic (exact) mass is 218 g/mol. The van der Waals surface area contributed by atoms with E-state index in [1.807, 2.05) is 0 Å². The van der Waals surface area contributed by atoms with E-state index in [4.69, 9.17) is 0 Å². The molecule has 2 nitrogen and oxygen atoms in total. The third-order valence-electron chi connectivity index (χ3n) is 4.47. The third kappa shape index (κ3) is 1.65. The molecule has 72 valence electrons. The van der Waals surface area contributed by atoms with Crippen LogP contribution in [0.2, 0.25) is 0 Å². The van der Waals surface area contributed by atoms with Gasteiger partial charge >= 0.3 is 51.4 Å². The Morgan fingerprint density at radius 1 is 1.00 bits per heavy atom. The van der Waals surface area contributed by atoms with Gasteiger partial charge in [-0.15, -0.1) is 0 Å². The third-order valence-corrected chi connectivity index (χ3v) is 4.47. The van der Waals surface area contributed by atoms with Crippen LogP contribution >= 0.6 is 0 Å². The van der Waals surface area contributed by atoms with Crippen LogP contribution in [0.5, 0.6) is 0 Å². The van der Waals surface area contributed by atoms with Crippen LogP contribution in [0.4, 0.5) is 0 Å². The van der Waals surface area contributed by atoms with Crippen LogP contribution in [-0.4, -0.2) is 5.97 Å². The van der Waals surface area contributed by atoms with Crippen molar-refractivity contribution in [3.63, 3.8) is 0 Å². The van der Waals surface area contributed by atoms with Gasteiger partial charge in [-0.25, -0.2) is 0 Å². The van der Waals surface area contributed by atoms with Gasteiger partial charge in [0.25, 0.3) is 0 Å². The first kappa shape index (κ1) is 11.6. The molecule has 0 aromatic carbocycles. The topological polar surface area (TPSA) is 40.1 Å². The van der Waals surface area contributed by atoms with E-state index in [9.17, 15) is 9.90 Å². The maximum absolute atomic E-state index is 11.1. The zero-order chi connectivity index (χ0) is 9.05. The number of aliphatic carboxylic acids is 1. The van der Waals surface area contributed by atoms with E-state index < -0.39 is 11.4 Å². The van der Waals surface area contributed by atoms with Crippen molar-refractivity contribution >= 4 is 5.97 Å². The summed E-state index contributed by atoms with van der Waals surface area (Å²) in [5.41, 5.74) is -0.394. The zero-order valence-corrected chi connectivity index (χ0v) is 11.9. The number of hydrogen-bond acceptors (Lipinski definition) is 2. The fourth-order valence-electron chi connectivity index (χ4n) is 4.36. The van der Waals surface area contributed by atoms with Crippen LogP contribution in [0.3, 0.4) is 0 Å². The summed E-state index contributed by atoms with van der Waals surface area (Å²) in [6.07, 6.45) is 6.65. The predicted molar refractivity (Wildman–Crippen MR) is 45.6 cm³/mol. The van der Waals surface area contributed by atoms with Gasteiger partial charge in [-0.1, -0.05) is 0 Å². The molecule has 0 heterocycles. The molecule has 0 saturated heterocycles. The van der Waals surface area contributed by atoms with E-state index in [0.29, 0.717) is 17.8 Å². The van der Waals surface area contributed by atoms with Gasteiger partial charge in [-0.2, -0.15) is 0 Å². The number of carbonyl (C=O) groups excluding carboxylic acids is 1. The predicted octanol–water partition coefficient (Wildman–Crippen LogP) is -2.04. The summed E-state index contributed by atoms with van der Waals surface area (Å²) in [7, 11) is 0. The maximum Gasteiger partial charge on any atom is 1.00 e. The molecule has 0 atom stereocenters. The number of carboxylic acids is 1. The van der Waals surface area contributed by atoms with Crippen molar-refractivity contribution in [2.75, 3.05) is 0 Å². The summed E-state index contributed by atoms with van der Waals surface area (Å²) in [4.78, 5) is 11.1. The van der Waals surface area contributed by atoms with Gasteiger partial charge in [-0.3, -0.25) is 0 Å². The minimum absolute atomic E-state index is 0. The van der Waals surface area contributed by atoms with Crippen molar-refractivity contribution in [1.82, 2.24) is 0 Å². The van der Waals surface area contributed by atoms with Gasteiger partial charge in [0.2, 0.25) is 0 Å². The fraction of sp³-hybridized carbons (Fsp3) is 0.909. The number of hydrogen-bond donors (Lipinski definition) is 0. The Balaban J connectivity index is 0.000000750. The summed E-state index contributed by atoms with van der Waals surface area (Å²) in [5, 5.41) is 11.1. The molecule has 0 aromatic heterocycles. The van der Waals surface area contributed by atoms with Crippen molar-refractivity contribution in [3.8, 4) is 0 Å². The molecule has 0 aliphatic heterocycles. The van der Waals surface area contributed by atoms with Crippen molar-refractivity contribution < 1.29 is 61.3 Å². The van der Waals surface area contributed by atoms with Crippen molar-refractivity contribution in [2.24, 2.45) is 23.2 Å². The maximum atomic E-state index is 11.1. The molecule has 3 heteroatoms. The second-order valence-electron chi connectivity index (χ2n) is 5.49.